The van der Waals surface area contributed by atoms with E-state index in [1.54, 1.807) is 0 Å². The molecule has 0 N–H and O–H groups in total. The van der Waals surface area contributed by atoms with Crippen molar-refractivity contribution in [3.8, 4) is 11.5 Å². The fourth-order valence-electron chi connectivity index (χ4n) is 1.19. The molecular formula is C10H9NO2S. The van der Waals surface area contributed by atoms with Crippen LogP contribution in [0.1, 0.15) is 12.5 Å². The van der Waals surface area contributed by atoms with Gasteiger partial charge in [0.15, 0.2) is 0 Å². The molecular weight excluding hydrogens is 198 g/mol. The SMILES string of the molecule is CCc1ccc(-c2nsc(=O)o2)cc1. The minimum absolute atomic E-state index is 0.362. The first-order chi connectivity index (χ1) is 6.79. The molecule has 3 nitrogen and oxygen atoms in total. The fourth-order valence-corrected chi connectivity index (χ4v) is 1.61. The fraction of sp³-hybridized carbons (Fsp3) is 0.200. The molecule has 1 aromatic carbocycles. The van der Waals surface area contributed by atoms with Crippen LogP contribution in [0.15, 0.2) is 33.5 Å². The highest BCUT2D eigenvalue weighted by molar-refractivity contribution is 7.02. The Morgan fingerprint density at radius 3 is 2.57 bits per heavy atom. The summed E-state index contributed by atoms with van der Waals surface area (Å²) in [7, 11) is 0. The Hall–Kier alpha value is -1.42. The molecule has 72 valence electrons. The second-order valence-corrected chi connectivity index (χ2v) is 3.59. The molecule has 0 saturated carbocycles. The maximum Gasteiger partial charge on any atom is 0.414 e. The van der Waals surface area contributed by atoms with Gasteiger partial charge < -0.3 is 4.42 Å². The van der Waals surface area contributed by atoms with Gasteiger partial charge in [-0.15, -0.1) is 4.37 Å². The van der Waals surface area contributed by atoms with Gasteiger partial charge in [0.1, 0.15) is 0 Å². The second kappa shape index (κ2) is 3.75. The molecule has 0 bridgehead atoms. The van der Waals surface area contributed by atoms with Gasteiger partial charge in [-0.25, -0.2) is 4.79 Å². The van der Waals surface area contributed by atoms with Crippen molar-refractivity contribution in [3.05, 3.63) is 39.6 Å². The molecule has 0 radical (unpaired) electrons. The summed E-state index contributed by atoms with van der Waals surface area (Å²) in [5.41, 5.74) is 2.10. The van der Waals surface area contributed by atoms with Crippen LogP contribution in [0.25, 0.3) is 11.5 Å². The Kier molecular flexibility index (Phi) is 2.45. The molecule has 0 aliphatic heterocycles. The van der Waals surface area contributed by atoms with Gasteiger partial charge in [-0.05, 0) is 24.1 Å². The predicted octanol–water partition coefficient (Wildman–Crippen LogP) is 2.33. The highest BCUT2D eigenvalue weighted by Gasteiger charge is 2.04. The lowest BCUT2D eigenvalue weighted by Gasteiger charge is -1.96. The lowest BCUT2D eigenvalue weighted by molar-refractivity contribution is 0.543. The Morgan fingerprint density at radius 2 is 2.07 bits per heavy atom. The Morgan fingerprint density at radius 1 is 1.36 bits per heavy atom. The van der Waals surface area contributed by atoms with Crippen LogP contribution < -0.4 is 4.94 Å². The average molecular weight is 207 g/mol. The van der Waals surface area contributed by atoms with Crippen molar-refractivity contribution >= 4 is 11.5 Å². The van der Waals surface area contributed by atoms with E-state index in [-0.39, 0.29) is 4.94 Å². The van der Waals surface area contributed by atoms with Crippen LogP contribution >= 0.6 is 11.5 Å². The van der Waals surface area contributed by atoms with Crippen molar-refractivity contribution in [2.24, 2.45) is 0 Å². The number of benzene rings is 1. The van der Waals surface area contributed by atoms with Gasteiger partial charge >= 0.3 is 4.94 Å². The summed E-state index contributed by atoms with van der Waals surface area (Å²) in [5.74, 6) is 0.405. The third kappa shape index (κ3) is 1.75. The molecule has 0 unspecified atom stereocenters. The van der Waals surface area contributed by atoms with E-state index >= 15 is 0 Å². The number of rotatable bonds is 2. The first kappa shape index (κ1) is 9.15. The van der Waals surface area contributed by atoms with E-state index in [1.165, 1.54) is 5.56 Å². The maximum absolute atomic E-state index is 10.8. The van der Waals surface area contributed by atoms with E-state index < -0.39 is 0 Å². The van der Waals surface area contributed by atoms with Crippen molar-refractivity contribution < 1.29 is 4.42 Å². The van der Waals surface area contributed by atoms with Crippen LogP contribution in [0.5, 0.6) is 0 Å². The number of nitrogens with zero attached hydrogens (tertiary/aromatic N) is 1. The lowest BCUT2D eigenvalue weighted by Crippen LogP contribution is -1.83. The van der Waals surface area contributed by atoms with E-state index in [2.05, 4.69) is 11.3 Å². The van der Waals surface area contributed by atoms with Gasteiger partial charge in [0, 0.05) is 5.56 Å². The van der Waals surface area contributed by atoms with Crippen molar-refractivity contribution in [2.45, 2.75) is 13.3 Å². The van der Waals surface area contributed by atoms with E-state index in [9.17, 15) is 4.79 Å². The van der Waals surface area contributed by atoms with Crippen LogP contribution in [0.3, 0.4) is 0 Å². The summed E-state index contributed by atoms with van der Waals surface area (Å²) in [5, 5.41) is 0. The molecule has 0 fully saturated rings. The number of hydrogen-bond donors (Lipinski definition) is 0. The summed E-state index contributed by atoms with van der Waals surface area (Å²) in [6.45, 7) is 2.10. The zero-order valence-electron chi connectivity index (χ0n) is 7.69. The summed E-state index contributed by atoms with van der Waals surface area (Å²) in [4.78, 5) is 10.4. The van der Waals surface area contributed by atoms with E-state index in [1.807, 2.05) is 24.3 Å². The maximum atomic E-state index is 10.8. The van der Waals surface area contributed by atoms with Crippen LogP contribution in [-0.4, -0.2) is 4.37 Å². The van der Waals surface area contributed by atoms with Crippen molar-refractivity contribution in [3.63, 3.8) is 0 Å². The molecule has 0 amide bonds. The summed E-state index contributed by atoms with van der Waals surface area (Å²) >= 11 is 0.837. The molecule has 0 spiro atoms. The summed E-state index contributed by atoms with van der Waals surface area (Å²) in [6.07, 6.45) is 1.00. The Labute approximate surface area is 85.2 Å². The third-order valence-electron chi connectivity index (χ3n) is 1.99. The normalized spacial score (nSPS) is 10.4. The molecule has 1 aromatic heterocycles. The van der Waals surface area contributed by atoms with Crippen molar-refractivity contribution in [1.29, 1.82) is 0 Å². The average Bonchev–Trinajstić information content (AvgIpc) is 2.65. The predicted molar refractivity (Wildman–Crippen MR) is 55.5 cm³/mol. The monoisotopic (exact) mass is 207 g/mol. The number of aryl methyl sites for hydroxylation is 1. The van der Waals surface area contributed by atoms with Gasteiger partial charge in [-0.2, -0.15) is 0 Å². The molecule has 1 heterocycles. The molecule has 0 aliphatic carbocycles. The minimum Gasteiger partial charge on any atom is -0.394 e. The quantitative estimate of drug-likeness (QED) is 0.759. The second-order valence-electron chi connectivity index (χ2n) is 2.89. The first-order valence-electron chi connectivity index (χ1n) is 4.35. The van der Waals surface area contributed by atoms with Gasteiger partial charge in [0.2, 0.25) is 5.89 Å². The van der Waals surface area contributed by atoms with E-state index in [4.69, 9.17) is 4.42 Å². The largest absolute Gasteiger partial charge is 0.414 e. The van der Waals surface area contributed by atoms with Crippen molar-refractivity contribution in [2.75, 3.05) is 0 Å². The first-order valence-corrected chi connectivity index (χ1v) is 5.13. The lowest BCUT2D eigenvalue weighted by atomic mass is 10.1. The zero-order valence-corrected chi connectivity index (χ0v) is 8.50. The van der Waals surface area contributed by atoms with Gasteiger partial charge in [0.25, 0.3) is 0 Å². The topological polar surface area (TPSA) is 43.1 Å². The molecule has 14 heavy (non-hydrogen) atoms. The van der Waals surface area contributed by atoms with Gasteiger partial charge in [0.05, 0.1) is 11.5 Å². The molecule has 4 heteroatoms. The Bertz CT molecular complexity index is 469. The number of aromatic nitrogens is 1. The third-order valence-corrected chi connectivity index (χ3v) is 2.48. The van der Waals surface area contributed by atoms with Crippen LogP contribution in [0.2, 0.25) is 0 Å². The van der Waals surface area contributed by atoms with E-state index in [0.717, 1.165) is 23.5 Å². The summed E-state index contributed by atoms with van der Waals surface area (Å²) < 4.78 is 8.80. The summed E-state index contributed by atoms with van der Waals surface area (Å²) in [6, 6.07) is 7.84. The van der Waals surface area contributed by atoms with Gasteiger partial charge in [-0.3, -0.25) is 0 Å². The van der Waals surface area contributed by atoms with Crippen LogP contribution in [0, 0.1) is 0 Å². The molecule has 0 saturated heterocycles. The van der Waals surface area contributed by atoms with Crippen molar-refractivity contribution in [1.82, 2.24) is 4.37 Å². The van der Waals surface area contributed by atoms with Crippen LogP contribution in [0.4, 0.5) is 0 Å². The minimum atomic E-state index is -0.362. The molecule has 2 aromatic rings. The smallest absolute Gasteiger partial charge is 0.394 e. The van der Waals surface area contributed by atoms with Gasteiger partial charge in [-0.1, -0.05) is 19.1 Å². The molecule has 0 atom stereocenters. The highest BCUT2D eigenvalue weighted by atomic mass is 32.1. The highest BCUT2D eigenvalue weighted by Crippen LogP contribution is 2.17. The van der Waals surface area contributed by atoms with Crippen LogP contribution in [-0.2, 0) is 6.42 Å². The number of hydrogen-bond acceptors (Lipinski definition) is 4. The zero-order chi connectivity index (χ0) is 9.97. The molecule has 2 rings (SSSR count). The molecule has 0 aliphatic rings. The Balaban J connectivity index is 2.38. The standard InChI is InChI=1S/C10H9NO2S/c1-2-7-3-5-8(6-4-7)9-11-14-10(12)13-9/h3-6H,2H2,1H3. The van der Waals surface area contributed by atoms with E-state index in [0.29, 0.717) is 5.89 Å².